The topological polar surface area (TPSA) is 49.3 Å². The molecule has 1 saturated heterocycles. The van der Waals surface area contributed by atoms with Gasteiger partial charge in [-0.2, -0.15) is 0 Å². The van der Waals surface area contributed by atoms with Crippen LogP contribution < -0.4 is 0 Å². The van der Waals surface area contributed by atoms with Gasteiger partial charge < -0.3 is 9.80 Å². The number of amides is 1. The van der Waals surface area contributed by atoms with Gasteiger partial charge in [-0.25, -0.2) is 9.97 Å². The molecule has 1 amide bonds. The second-order valence-corrected chi connectivity index (χ2v) is 8.44. The first-order valence-corrected chi connectivity index (χ1v) is 10.4. The molecule has 28 heavy (non-hydrogen) atoms. The highest BCUT2D eigenvalue weighted by atomic mass is 16.2. The molecule has 5 heteroatoms. The lowest BCUT2D eigenvalue weighted by Crippen LogP contribution is -2.39. The zero-order chi connectivity index (χ0) is 19.7. The average Bonchev–Trinajstić information content (AvgIpc) is 2.72. The van der Waals surface area contributed by atoms with Gasteiger partial charge in [-0.3, -0.25) is 4.79 Å². The molecule has 0 saturated carbocycles. The number of piperidine rings is 1. The van der Waals surface area contributed by atoms with E-state index in [0.717, 1.165) is 48.7 Å². The maximum Gasteiger partial charge on any atom is 0.230 e. The van der Waals surface area contributed by atoms with Crippen molar-refractivity contribution in [2.24, 2.45) is 0 Å². The minimum absolute atomic E-state index is 0.125. The Morgan fingerprint density at radius 3 is 2.75 bits per heavy atom. The van der Waals surface area contributed by atoms with Crippen molar-refractivity contribution < 1.29 is 4.79 Å². The fourth-order valence-corrected chi connectivity index (χ4v) is 4.37. The third-order valence-electron chi connectivity index (χ3n) is 6.20. The summed E-state index contributed by atoms with van der Waals surface area (Å²) in [6, 6.07) is 8.27. The fourth-order valence-electron chi connectivity index (χ4n) is 4.37. The van der Waals surface area contributed by atoms with Crippen LogP contribution in [0.2, 0.25) is 0 Å². The van der Waals surface area contributed by atoms with E-state index in [1.807, 2.05) is 18.0 Å². The van der Waals surface area contributed by atoms with Crippen LogP contribution in [0, 0.1) is 6.92 Å². The van der Waals surface area contributed by atoms with E-state index in [1.54, 1.807) is 0 Å². The van der Waals surface area contributed by atoms with Crippen LogP contribution in [-0.4, -0.2) is 52.4 Å². The van der Waals surface area contributed by atoms with Crippen molar-refractivity contribution in [2.45, 2.75) is 51.5 Å². The summed E-state index contributed by atoms with van der Waals surface area (Å²) in [5.41, 5.74) is 4.52. The van der Waals surface area contributed by atoms with Crippen molar-refractivity contribution in [3.05, 3.63) is 58.7 Å². The van der Waals surface area contributed by atoms with Crippen LogP contribution in [0.1, 0.15) is 59.8 Å². The molecule has 0 radical (unpaired) electrons. The van der Waals surface area contributed by atoms with Gasteiger partial charge in [0.2, 0.25) is 5.91 Å². The minimum atomic E-state index is -0.125. The van der Waals surface area contributed by atoms with E-state index < -0.39 is 0 Å². The summed E-state index contributed by atoms with van der Waals surface area (Å²) in [5, 5.41) is 0. The Morgan fingerprint density at radius 2 is 2.00 bits per heavy atom. The molecular formula is C23H30N4O. The Morgan fingerprint density at radius 1 is 1.21 bits per heavy atom. The average molecular weight is 379 g/mol. The van der Waals surface area contributed by atoms with Crippen molar-refractivity contribution >= 4 is 5.91 Å². The number of aromatic nitrogens is 2. The van der Waals surface area contributed by atoms with Gasteiger partial charge in [-0.1, -0.05) is 29.8 Å². The highest BCUT2D eigenvalue weighted by Crippen LogP contribution is 2.27. The third kappa shape index (κ3) is 3.95. The number of rotatable bonds is 3. The number of carbonyl (C=O) groups excluding carboxylic acids is 1. The van der Waals surface area contributed by atoms with E-state index in [4.69, 9.17) is 4.98 Å². The summed E-state index contributed by atoms with van der Waals surface area (Å²) in [6.07, 6.45) is 5.16. The van der Waals surface area contributed by atoms with Crippen molar-refractivity contribution in [1.29, 1.82) is 0 Å². The Hall–Kier alpha value is -2.27. The van der Waals surface area contributed by atoms with Crippen LogP contribution in [0.3, 0.4) is 0 Å². The van der Waals surface area contributed by atoms with E-state index in [2.05, 4.69) is 48.1 Å². The monoisotopic (exact) mass is 378 g/mol. The summed E-state index contributed by atoms with van der Waals surface area (Å²) in [7, 11) is 2.17. The number of likely N-dealkylation sites (N-methyl/N-ethyl adjacent to an activating group) is 1. The Balaban J connectivity index is 1.46. The first kappa shape index (κ1) is 19.1. The van der Waals surface area contributed by atoms with Gasteiger partial charge in [0, 0.05) is 43.7 Å². The predicted molar refractivity (Wildman–Crippen MR) is 110 cm³/mol. The van der Waals surface area contributed by atoms with Crippen LogP contribution in [0.15, 0.2) is 30.5 Å². The van der Waals surface area contributed by atoms with Gasteiger partial charge in [0.1, 0.15) is 5.82 Å². The standard InChI is InChI=1S/C23H30N4O/c1-16-6-8-18(9-7-16)17(2)23(28)27-12-10-21-20(15-27)13-24-22(25-21)19-5-4-11-26(3)14-19/h6-9,13,17,19H,4-5,10-12,14-15H2,1-3H3/t17-,19-/m0/s1. The molecule has 2 aliphatic heterocycles. The smallest absolute Gasteiger partial charge is 0.230 e. The Bertz CT molecular complexity index is 848. The zero-order valence-corrected chi connectivity index (χ0v) is 17.2. The van der Waals surface area contributed by atoms with Crippen molar-refractivity contribution in [1.82, 2.24) is 19.8 Å². The minimum Gasteiger partial charge on any atom is -0.337 e. The second-order valence-electron chi connectivity index (χ2n) is 8.44. The summed E-state index contributed by atoms with van der Waals surface area (Å²) in [6.45, 7) is 7.63. The number of carbonyl (C=O) groups is 1. The van der Waals surface area contributed by atoms with Crippen LogP contribution in [0.4, 0.5) is 0 Å². The molecule has 4 rings (SSSR count). The van der Waals surface area contributed by atoms with Gasteiger partial charge in [0.15, 0.2) is 0 Å². The van der Waals surface area contributed by atoms with Gasteiger partial charge in [-0.15, -0.1) is 0 Å². The van der Waals surface area contributed by atoms with Crippen molar-refractivity contribution in [3.63, 3.8) is 0 Å². The number of aryl methyl sites for hydroxylation is 1. The predicted octanol–water partition coefficient (Wildman–Crippen LogP) is 3.28. The molecule has 0 N–H and O–H groups in total. The van der Waals surface area contributed by atoms with E-state index in [9.17, 15) is 4.79 Å². The van der Waals surface area contributed by atoms with Crippen molar-refractivity contribution in [3.8, 4) is 0 Å². The van der Waals surface area contributed by atoms with Crippen LogP contribution in [0.5, 0.6) is 0 Å². The lowest BCUT2D eigenvalue weighted by atomic mass is 9.96. The molecular weight excluding hydrogens is 348 g/mol. The molecule has 2 aromatic rings. The normalized spacial score (nSPS) is 21.2. The maximum atomic E-state index is 13.0. The fraction of sp³-hybridized carbons (Fsp3) is 0.522. The lowest BCUT2D eigenvalue weighted by molar-refractivity contribution is -0.133. The van der Waals surface area contributed by atoms with Crippen LogP contribution in [-0.2, 0) is 17.8 Å². The molecule has 0 spiro atoms. The highest BCUT2D eigenvalue weighted by molar-refractivity contribution is 5.83. The second kappa shape index (κ2) is 8.00. The van der Waals surface area contributed by atoms with E-state index >= 15 is 0 Å². The summed E-state index contributed by atoms with van der Waals surface area (Å²) >= 11 is 0. The molecule has 1 aromatic heterocycles. The molecule has 0 unspecified atom stereocenters. The molecule has 1 aromatic carbocycles. The van der Waals surface area contributed by atoms with E-state index in [0.29, 0.717) is 12.5 Å². The summed E-state index contributed by atoms with van der Waals surface area (Å²) in [4.78, 5) is 26.9. The number of benzene rings is 1. The third-order valence-corrected chi connectivity index (χ3v) is 6.20. The quantitative estimate of drug-likeness (QED) is 0.822. The Kier molecular flexibility index (Phi) is 5.44. The Labute approximate surface area is 167 Å². The summed E-state index contributed by atoms with van der Waals surface area (Å²) < 4.78 is 0. The lowest BCUT2D eigenvalue weighted by Gasteiger charge is -2.32. The van der Waals surface area contributed by atoms with Crippen molar-refractivity contribution in [2.75, 3.05) is 26.7 Å². The first-order valence-electron chi connectivity index (χ1n) is 10.4. The maximum absolute atomic E-state index is 13.0. The van der Waals surface area contributed by atoms with E-state index in [-0.39, 0.29) is 11.8 Å². The number of fused-ring (bicyclic) bond motifs is 1. The SMILES string of the molecule is Cc1ccc([C@H](C)C(=O)N2CCc3nc([C@H]4CCCN(C)C4)ncc3C2)cc1. The van der Waals surface area contributed by atoms with Gasteiger partial charge in [0.05, 0.1) is 11.6 Å². The number of likely N-dealkylation sites (tertiary alicyclic amines) is 1. The largest absolute Gasteiger partial charge is 0.337 e. The molecule has 148 valence electrons. The number of hydrogen-bond donors (Lipinski definition) is 0. The van der Waals surface area contributed by atoms with Gasteiger partial charge in [-0.05, 0) is 45.8 Å². The van der Waals surface area contributed by atoms with Gasteiger partial charge >= 0.3 is 0 Å². The molecule has 5 nitrogen and oxygen atoms in total. The molecule has 1 fully saturated rings. The molecule has 0 bridgehead atoms. The molecule has 2 aliphatic rings. The molecule has 3 heterocycles. The van der Waals surface area contributed by atoms with Gasteiger partial charge in [0.25, 0.3) is 0 Å². The zero-order valence-electron chi connectivity index (χ0n) is 17.2. The first-order chi connectivity index (χ1) is 13.5. The van der Waals surface area contributed by atoms with Crippen LogP contribution >= 0.6 is 0 Å². The number of nitrogens with zero attached hydrogens (tertiary/aromatic N) is 4. The van der Waals surface area contributed by atoms with Crippen LogP contribution in [0.25, 0.3) is 0 Å². The van der Waals surface area contributed by atoms with E-state index in [1.165, 1.54) is 18.4 Å². The molecule has 0 aliphatic carbocycles. The summed E-state index contributed by atoms with van der Waals surface area (Å²) in [5.74, 6) is 1.48. The number of hydrogen-bond acceptors (Lipinski definition) is 4. The molecule has 2 atom stereocenters. The highest BCUT2D eigenvalue weighted by Gasteiger charge is 2.28.